The van der Waals surface area contributed by atoms with E-state index in [2.05, 4.69) is 11.6 Å². The molecule has 1 aliphatic carbocycles. The first kappa shape index (κ1) is 14.2. The number of rotatable bonds is 5. The Bertz CT molecular complexity index is 401. The largest absolute Gasteiger partial charge is 0.493 e. The summed E-state index contributed by atoms with van der Waals surface area (Å²) in [6, 6.07) is -1.03. The highest BCUT2D eigenvalue weighted by Crippen LogP contribution is 2.25. The molecule has 0 saturated heterocycles. The number of carboxylic acids is 1. The van der Waals surface area contributed by atoms with Crippen LogP contribution in [0.5, 0.6) is 0 Å². The molecule has 0 fully saturated rings. The van der Waals surface area contributed by atoms with Gasteiger partial charge in [-0.3, -0.25) is 4.99 Å². The number of hydrogen-bond donors (Lipinski definition) is 3. The summed E-state index contributed by atoms with van der Waals surface area (Å²) >= 11 is 0. The van der Waals surface area contributed by atoms with Gasteiger partial charge in [0.1, 0.15) is 0 Å². The number of aliphatic hydroxyl groups is 1. The molecule has 0 aromatic heterocycles. The van der Waals surface area contributed by atoms with Crippen molar-refractivity contribution in [1.29, 1.82) is 0 Å². The number of methoxy groups -OCH3 is 1. The fraction of sp³-hybridized carbons (Fsp3) is 0.500. The van der Waals surface area contributed by atoms with Gasteiger partial charge in [0.15, 0.2) is 11.8 Å². The van der Waals surface area contributed by atoms with Gasteiger partial charge in [-0.25, -0.2) is 4.79 Å². The van der Waals surface area contributed by atoms with Gasteiger partial charge in [-0.2, -0.15) is 0 Å². The van der Waals surface area contributed by atoms with Gasteiger partial charge in [0.05, 0.1) is 18.5 Å². The average molecular weight is 254 g/mol. The second kappa shape index (κ2) is 6.20. The zero-order valence-electron chi connectivity index (χ0n) is 10.3. The Morgan fingerprint density at radius 1 is 1.72 bits per heavy atom. The average Bonchev–Trinajstić information content (AvgIpc) is 2.34. The molecule has 6 nitrogen and oxygen atoms in total. The highest BCUT2D eigenvalue weighted by Gasteiger charge is 2.26. The summed E-state index contributed by atoms with van der Waals surface area (Å²) in [7, 11) is 1.46. The van der Waals surface area contributed by atoms with Crippen LogP contribution in [0.15, 0.2) is 29.1 Å². The summed E-state index contributed by atoms with van der Waals surface area (Å²) in [4.78, 5) is 15.0. The van der Waals surface area contributed by atoms with Crippen molar-refractivity contribution in [2.45, 2.75) is 18.9 Å². The summed E-state index contributed by atoms with van der Waals surface area (Å²) in [5.74, 6) is -0.729. The van der Waals surface area contributed by atoms with Crippen LogP contribution in [-0.2, 0) is 9.53 Å². The van der Waals surface area contributed by atoms with Gasteiger partial charge in [0, 0.05) is 6.61 Å². The molecule has 100 valence electrons. The third kappa shape index (κ3) is 3.10. The zero-order chi connectivity index (χ0) is 13.7. The van der Waals surface area contributed by atoms with Gasteiger partial charge in [0.25, 0.3) is 0 Å². The molecule has 0 aliphatic heterocycles. The summed E-state index contributed by atoms with van der Waals surface area (Å²) in [6.07, 6.45) is 2.20. The van der Waals surface area contributed by atoms with E-state index in [1.165, 1.54) is 13.2 Å². The maximum absolute atomic E-state index is 10.9. The molecule has 1 rings (SSSR count). The van der Waals surface area contributed by atoms with Crippen molar-refractivity contribution < 1.29 is 19.7 Å². The molecule has 0 saturated carbocycles. The van der Waals surface area contributed by atoms with E-state index in [0.717, 1.165) is 0 Å². The lowest BCUT2D eigenvalue weighted by Crippen LogP contribution is -2.28. The van der Waals surface area contributed by atoms with Crippen molar-refractivity contribution in [2.75, 3.05) is 13.7 Å². The molecule has 0 radical (unpaired) electrons. The van der Waals surface area contributed by atoms with Crippen molar-refractivity contribution in [2.24, 2.45) is 16.6 Å². The van der Waals surface area contributed by atoms with Crippen LogP contribution in [0.4, 0.5) is 0 Å². The van der Waals surface area contributed by atoms with Crippen LogP contribution in [0.25, 0.3) is 0 Å². The lowest BCUT2D eigenvalue weighted by Gasteiger charge is -2.25. The van der Waals surface area contributed by atoms with E-state index in [9.17, 15) is 9.90 Å². The van der Waals surface area contributed by atoms with Gasteiger partial charge < -0.3 is 20.7 Å². The number of aliphatic imine (C=N–C) groups is 1. The molecule has 0 aromatic carbocycles. The number of aliphatic hydroxyl groups excluding tert-OH is 1. The van der Waals surface area contributed by atoms with Gasteiger partial charge in [-0.05, 0) is 18.8 Å². The Morgan fingerprint density at radius 2 is 2.39 bits per heavy atom. The number of aliphatic carboxylic acids is 1. The first-order chi connectivity index (χ1) is 8.53. The molecule has 0 amide bonds. The normalized spacial score (nSPS) is 23.9. The molecule has 1 aliphatic rings. The molecule has 2 unspecified atom stereocenters. The lowest BCUT2D eigenvalue weighted by molar-refractivity contribution is -0.137. The zero-order valence-corrected chi connectivity index (χ0v) is 10.3. The van der Waals surface area contributed by atoms with Crippen molar-refractivity contribution in [3.8, 4) is 0 Å². The third-order valence-corrected chi connectivity index (χ3v) is 2.78. The minimum absolute atomic E-state index is 0.0253. The fourth-order valence-corrected chi connectivity index (χ4v) is 1.89. The maximum atomic E-state index is 10.9. The monoisotopic (exact) mass is 254 g/mol. The number of carboxylic acid groups (broad SMARTS) is 1. The summed E-state index contributed by atoms with van der Waals surface area (Å²) in [5.41, 5.74) is 6.78. The predicted molar refractivity (Wildman–Crippen MR) is 67.1 cm³/mol. The van der Waals surface area contributed by atoms with E-state index in [0.29, 0.717) is 30.0 Å². The van der Waals surface area contributed by atoms with Crippen LogP contribution in [0, 0.1) is 5.92 Å². The quantitative estimate of drug-likeness (QED) is 0.611. The summed E-state index contributed by atoms with van der Waals surface area (Å²) in [6.45, 7) is 3.41. The van der Waals surface area contributed by atoms with Crippen LogP contribution in [0.1, 0.15) is 12.8 Å². The predicted octanol–water partition coefficient (Wildman–Crippen LogP) is 0.286. The van der Waals surface area contributed by atoms with Crippen molar-refractivity contribution in [3.05, 3.63) is 24.1 Å². The first-order valence-corrected chi connectivity index (χ1v) is 5.59. The Balaban J connectivity index is 3.10. The Labute approximate surface area is 105 Å². The summed E-state index contributed by atoms with van der Waals surface area (Å²) < 4.78 is 5.15. The highest BCUT2D eigenvalue weighted by molar-refractivity contribution is 6.01. The van der Waals surface area contributed by atoms with Crippen molar-refractivity contribution >= 4 is 11.7 Å². The Hall–Kier alpha value is -1.82. The highest BCUT2D eigenvalue weighted by atomic mass is 16.5. The Morgan fingerprint density at radius 3 is 2.83 bits per heavy atom. The molecular weight excluding hydrogens is 236 g/mol. The first-order valence-electron chi connectivity index (χ1n) is 5.59. The minimum Gasteiger partial charge on any atom is -0.493 e. The van der Waals surface area contributed by atoms with Crippen molar-refractivity contribution in [1.82, 2.24) is 0 Å². The van der Waals surface area contributed by atoms with Gasteiger partial charge in [0.2, 0.25) is 0 Å². The van der Waals surface area contributed by atoms with Gasteiger partial charge in [-0.15, -0.1) is 6.58 Å². The lowest BCUT2D eigenvalue weighted by atomic mass is 9.90. The molecule has 6 heteroatoms. The number of carbonyl (C=O) groups is 1. The number of hydrogen-bond acceptors (Lipinski definition) is 5. The van der Waals surface area contributed by atoms with Crippen LogP contribution < -0.4 is 5.73 Å². The number of allylic oxidation sites excluding steroid dienone is 2. The molecule has 0 aromatic rings. The van der Waals surface area contributed by atoms with E-state index >= 15 is 0 Å². The second-order valence-electron chi connectivity index (χ2n) is 4.11. The topological polar surface area (TPSA) is 105 Å². The van der Waals surface area contributed by atoms with E-state index in [4.69, 9.17) is 15.6 Å². The smallest absolute Gasteiger partial charge is 0.332 e. The standard InChI is InChI=1S/C12H18N2O4/c1-3-9(12(16)17)14-10-5-7(6-15)4-8(13)11(10)18-2/h3,7,9,15H,1,4-6,13H2,2H3,(H,16,17). The van der Waals surface area contributed by atoms with Gasteiger partial charge in [-0.1, -0.05) is 6.08 Å². The molecule has 4 N–H and O–H groups in total. The number of nitrogens with two attached hydrogens (primary N) is 1. The number of nitrogens with zero attached hydrogens (tertiary/aromatic N) is 1. The maximum Gasteiger partial charge on any atom is 0.332 e. The second-order valence-corrected chi connectivity index (χ2v) is 4.11. The summed E-state index contributed by atoms with van der Waals surface area (Å²) in [5, 5.41) is 18.1. The molecule has 0 spiro atoms. The number of ether oxygens (including phenoxy) is 1. The molecular formula is C12H18N2O4. The van der Waals surface area contributed by atoms with Crippen LogP contribution >= 0.6 is 0 Å². The SMILES string of the molecule is C=CC(N=C1CC(CO)CC(N)=C1OC)C(=O)O. The fourth-order valence-electron chi connectivity index (χ4n) is 1.89. The van der Waals surface area contributed by atoms with E-state index in [-0.39, 0.29) is 12.5 Å². The van der Waals surface area contributed by atoms with Crippen LogP contribution in [0.2, 0.25) is 0 Å². The molecule has 0 bridgehead atoms. The van der Waals surface area contributed by atoms with E-state index in [1.807, 2.05) is 0 Å². The molecule has 18 heavy (non-hydrogen) atoms. The van der Waals surface area contributed by atoms with E-state index in [1.54, 1.807) is 0 Å². The van der Waals surface area contributed by atoms with Crippen molar-refractivity contribution in [3.63, 3.8) is 0 Å². The Kier molecular flexibility index (Phi) is 4.91. The minimum atomic E-state index is -1.09. The molecule has 2 atom stereocenters. The van der Waals surface area contributed by atoms with Crippen LogP contribution in [0.3, 0.4) is 0 Å². The van der Waals surface area contributed by atoms with E-state index < -0.39 is 12.0 Å². The van der Waals surface area contributed by atoms with Gasteiger partial charge >= 0.3 is 5.97 Å². The molecule has 0 heterocycles. The third-order valence-electron chi connectivity index (χ3n) is 2.78. The van der Waals surface area contributed by atoms with Crippen LogP contribution in [-0.4, -0.2) is 41.7 Å².